The molecule has 1 aromatic rings. The molecule has 0 spiro atoms. The molecule has 1 atom stereocenters. The fraction of sp³-hybridized carbons (Fsp3) is 0.875. The third-order valence-corrected chi connectivity index (χ3v) is 4.56. The van der Waals surface area contributed by atoms with Gasteiger partial charge in [0.1, 0.15) is 5.60 Å². The van der Waals surface area contributed by atoms with E-state index in [2.05, 4.69) is 24.0 Å². The molecule has 0 radical (unpaired) electrons. The number of hydrogen-bond acceptors (Lipinski definition) is 5. The van der Waals surface area contributed by atoms with E-state index in [0.29, 0.717) is 25.0 Å². The van der Waals surface area contributed by atoms with E-state index in [9.17, 15) is 0 Å². The minimum absolute atomic E-state index is 0.121. The SMILES string of the molecule is CCOC1(c2noc(C(CN)C(C)C)n2)CCCCCC1. The van der Waals surface area contributed by atoms with Crippen molar-refractivity contribution in [1.82, 2.24) is 10.1 Å². The van der Waals surface area contributed by atoms with Gasteiger partial charge in [-0.2, -0.15) is 4.98 Å². The van der Waals surface area contributed by atoms with Gasteiger partial charge in [-0.3, -0.25) is 0 Å². The highest BCUT2D eigenvalue weighted by Crippen LogP contribution is 2.38. The van der Waals surface area contributed by atoms with Gasteiger partial charge in [-0.15, -0.1) is 0 Å². The molecular formula is C16H29N3O2. The van der Waals surface area contributed by atoms with E-state index in [0.717, 1.165) is 31.5 Å². The molecule has 5 heteroatoms. The molecule has 1 aromatic heterocycles. The van der Waals surface area contributed by atoms with E-state index in [4.69, 9.17) is 15.0 Å². The van der Waals surface area contributed by atoms with E-state index >= 15 is 0 Å². The minimum atomic E-state index is -0.358. The van der Waals surface area contributed by atoms with Gasteiger partial charge in [-0.25, -0.2) is 0 Å². The number of nitrogens with two attached hydrogens (primary N) is 1. The van der Waals surface area contributed by atoms with Crippen LogP contribution in [0.3, 0.4) is 0 Å². The second-order valence-corrected chi connectivity index (χ2v) is 6.38. The first-order chi connectivity index (χ1) is 10.1. The Balaban J connectivity index is 2.26. The number of aromatic nitrogens is 2. The summed E-state index contributed by atoms with van der Waals surface area (Å²) in [7, 11) is 0. The number of hydrogen-bond donors (Lipinski definition) is 1. The van der Waals surface area contributed by atoms with Gasteiger partial charge in [0, 0.05) is 13.2 Å². The van der Waals surface area contributed by atoms with Crippen LogP contribution < -0.4 is 5.73 Å². The molecule has 2 N–H and O–H groups in total. The monoisotopic (exact) mass is 295 g/mol. The average molecular weight is 295 g/mol. The van der Waals surface area contributed by atoms with E-state index in [1.165, 1.54) is 12.8 Å². The van der Waals surface area contributed by atoms with Crippen molar-refractivity contribution in [3.8, 4) is 0 Å². The predicted octanol–water partition coefficient (Wildman–Crippen LogP) is 3.35. The van der Waals surface area contributed by atoms with Crippen molar-refractivity contribution in [2.45, 2.75) is 70.8 Å². The van der Waals surface area contributed by atoms with E-state index in [-0.39, 0.29) is 11.5 Å². The highest BCUT2D eigenvalue weighted by atomic mass is 16.5. The molecule has 0 saturated heterocycles. The molecule has 1 aliphatic rings. The standard InChI is InChI=1S/C16H29N3O2/c1-4-20-16(9-7-5-6-8-10-16)15-18-14(21-19-15)13(11-17)12(2)3/h12-13H,4-11,17H2,1-3H3. The zero-order chi connectivity index (χ0) is 15.3. The summed E-state index contributed by atoms with van der Waals surface area (Å²) in [6.45, 7) is 7.50. The number of rotatable bonds is 6. The third-order valence-electron chi connectivity index (χ3n) is 4.56. The Morgan fingerprint density at radius 3 is 2.43 bits per heavy atom. The van der Waals surface area contributed by atoms with Crippen LogP contribution in [0.1, 0.15) is 76.9 Å². The molecule has 21 heavy (non-hydrogen) atoms. The summed E-state index contributed by atoms with van der Waals surface area (Å²) >= 11 is 0. The minimum Gasteiger partial charge on any atom is -0.367 e. The summed E-state index contributed by atoms with van der Waals surface area (Å²) in [6, 6.07) is 0. The highest BCUT2D eigenvalue weighted by molar-refractivity contribution is 5.05. The molecule has 2 rings (SSSR count). The van der Waals surface area contributed by atoms with Crippen LogP contribution in [0.4, 0.5) is 0 Å². The van der Waals surface area contributed by atoms with Crippen LogP contribution in [0, 0.1) is 5.92 Å². The average Bonchev–Trinajstić information content (AvgIpc) is 2.81. The lowest BCUT2D eigenvalue weighted by molar-refractivity contribution is -0.0636. The van der Waals surface area contributed by atoms with Gasteiger partial charge in [-0.05, 0) is 25.7 Å². The van der Waals surface area contributed by atoms with Gasteiger partial charge in [-0.1, -0.05) is 44.7 Å². The Kier molecular flexibility index (Phi) is 5.76. The van der Waals surface area contributed by atoms with Gasteiger partial charge < -0.3 is 15.0 Å². The molecule has 1 saturated carbocycles. The van der Waals surface area contributed by atoms with Crippen molar-refractivity contribution in [3.63, 3.8) is 0 Å². The summed E-state index contributed by atoms with van der Waals surface area (Å²) in [5, 5.41) is 4.26. The second kappa shape index (κ2) is 7.36. The van der Waals surface area contributed by atoms with Crippen molar-refractivity contribution in [3.05, 3.63) is 11.7 Å². The smallest absolute Gasteiger partial charge is 0.231 e. The van der Waals surface area contributed by atoms with E-state index in [1.807, 2.05) is 6.92 Å². The molecule has 120 valence electrons. The Bertz CT molecular complexity index is 423. The fourth-order valence-electron chi connectivity index (χ4n) is 3.24. The molecule has 1 unspecified atom stereocenters. The number of ether oxygens (including phenoxy) is 1. The van der Waals surface area contributed by atoms with Gasteiger partial charge in [0.2, 0.25) is 11.7 Å². The molecule has 0 aliphatic heterocycles. The molecule has 0 amide bonds. The molecule has 1 aliphatic carbocycles. The molecule has 1 fully saturated rings. The Morgan fingerprint density at radius 1 is 1.24 bits per heavy atom. The maximum atomic E-state index is 6.11. The molecule has 5 nitrogen and oxygen atoms in total. The van der Waals surface area contributed by atoms with Crippen LogP contribution in [0.5, 0.6) is 0 Å². The van der Waals surface area contributed by atoms with Crippen LogP contribution in [-0.4, -0.2) is 23.3 Å². The Morgan fingerprint density at radius 2 is 1.90 bits per heavy atom. The largest absolute Gasteiger partial charge is 0.367 e. The van der Waals surface area contributed by atoms with E-state index in [1.54, 1.807) is 0 Å². The topological polar surface area (TPSA) is 74.2 Å². The maximum Gasteiger partial charge on any atom is 0.231 e. The van der Waals surface area contributed by atoms with Crippen molar-refractivity contribution in [1.29, 1.82) is 0 Å². The van der Waals surface area contributed by atoms with Crippen molar-refractivity contribution < 1.29 is 9.26 Å². The summed E-state index contributed by atoms with van der Waals surface area (Å²) in [5.74, 6) is 1.89. The van der Waals surface area contributed by atoms with Crippen LogP contribution in [0.25, 0.3) is 0 Å². The second-order valence-electron chi connectivity index (χ2n) is 6.38. The molecule has 0 aromatic carbocycles. The lowest BCUT2D eigenvalue weighted by atomic mass is 9.92. The van der Waals surface area contributed by atoms with Gasteiger partial charge in [0.15, 0.2) is 0 Å². The fourth-order valence-corrected chi connectivity index (χ4v) is 3.24. The van der Waals surface area contributed by atoms with Crippen molar-refractivity contribution in [2.24, 2.45) is 11.7 Å². The van der Waals surface area contributed by atoms with E-state index < -0.39 is 0 Å². The zero-order valence-electron chi connectivity index (χ0n) is 13.6. The van der Waals surface area contributed by atoms with Crippen molar-refractivity contribution >= 4 is 0 Å². The normalized spacial score (nSPS) is 20.4. The molecule has 1 heterocycles. The highest BCUT2D eigenvalue weighted by Gasteiger charge is 2.39. The summed E-state index contributed by atoms with van der Waals surface area (Å²) in [6.07, 6.45) is 6.81. The first-order valence-electron chi connectivity index (χ1n) is 8.31. The van der Waals surface area contributed by atoms with Gasteiger partial charge in [0.25, 0.3) is 0 Å². The Hall–Kier alpha value is -0.940. The van der Waals surface area contributed by atoms with Crippen LogP contribution >= 0.6 is 0 Å². The Labute approximate surface area is 127 Å². The van der Waals surface area contributed by atoms with Crippen LogP contribution in [0.2, 0.25) is 0 Å². The third kappa shape index (κ3) is 3.64. The van der Waals surface area contributed by atoms with Crippen LogP contribution in [0.15, 0.2) is 4.52 Å². The quantitative estimate of drug-likeness (QED) is 0.815. The summed E-state index contributed by atoms with van der Waals surface area (Å²) in [4.78, 5) is 4.68. The first-order valence-corrected chi connectivity index (χ1v) is 8.31. The van der Waals surface area contributed by atoms with Crippen LogP contribution in [-0.2, 0) is 10.3 Å². The summed E-state index contributed by atoms with van der Waals surface area (Å²) in [5.41, 5.74) is 5.49. The summed E-state index contributed by atoms with van der Waals surface area (Å²) < 4.78 is 11.6. The number of nitrogens with zero attached hydrogens (tertiary/aromatic N) is 2. The maximum absolute atomic E-state index is 6.11. The van der Waals surface area contributed by atoms with Crippen molar-refractivity contribution in [2.75, 3.05) is 13.2 Å². The lowest BCUT2D eigenvalue weighted by Crippen LogP contribution is -2.31. The molecule has 0 bridgehead atoms. The predicted molar refractivity (Wildman–Crippen MR) is 81.9 cm³/mol. The van der Waals surface area contributed by atoms with Gasteiger partial charge >= 0.3 is 0 Å². The van der Waals surface area contributed by atoms with Gasteiger partial charge in [0.05, 0.1) is 5.92 Å². The lowest BCUT2D eigenvalue weighted by Gasteiger charge is -2.29. The first kappa shape index (κ1) is 16.4. The molecular weight excluding hydrogens is 266 g/mol. The zero-order valence-corrected chi connectivity index (χ0v) is 13.6.